The molecule has 3 unspecified atom stereocenters. The number of ether oxygens (including phenoxy) is 1. The first-order valence-electron chi connectivity index (χ1n) is 8.98. The van der Waals surface area contributed by atoms with Crippen molar-refractivity contribution in [3.8, 4) is 0 Å². The second-order valence-electron chi connectivity index (χ2n) is 5.07. The number of hydrogen-bond acceptors (Lipinski definition) is 4. The van der Waals surface area contributed by atoms with Gasteiger partial charge in [-0.15, -0.1) is 0 Å². The monoisotopic (exact) mass is 276 g/mol. The number of unbranched alkanes of at least 4 members (excludes halogenated alkanes) is 3. The van der Waals surface area contributed by atoms with Crippen molar-refractivity contribution < 1.29 is 23.5 Å². The molecule has 0 heterocycles. The Morgan fingerprint density at radius 3 is 2.58 bits per heavy atom. The fourth-order valence-corrected chi connectivity index (χ4v) is 2.49. The molecule has 0 aromatic rings. The minimum absolute atomic E-state index is 0.184. The summed E-state index contributed by atoms with van der Waals surface area (Å²) < 4.78 is 32.5. The second-order valence-corrected chi connectivity index (χ2v) is 5.07. The minimum atomic E-state index is -2.85. The fraction of sp³-hybridized carbons (Fsp3) is 0.867. The maximum atomic E-state index is 12.3. The van der Waals surface area contributed by atoms with Crippen molar-refractivity contribution in [3.63, 3.8) is 0 Å². The summed E-state index contributed by atoms with van der Waals surface area (Å²) in [7, 11) is -2.85. The predicted molar refractivity (Wildman–Crippen MR) is 74.8 cm³/mol. The van der Waals surface area contributed by atoms with Crippen LogP contribution in [0.5, 0.6) is 0 Å². The lowest BCUT2D eigenvalue weighted by atomic mass is 9.78. The summed E-state index contributed by atoms with van der Waals surface area (Å²) in [5, 5.41) is 3.97. The lowest BCUT2D eigenvalue weighted by Crippen LogP contribution is -2.34. The third kappa shape index (κ3) is 6.08. The van der Waals surface area contributed by atoms with Crippen LogP contribution in [-0.2, 0) is 14.3 Å². The Hall–Kier alpha value is -1.06. The highest BCUT2D eigenvalue weighted by Gasteiger charge is 2.36. The SMILES string of the molecule is [2H]OC(=O)C(C)C(C(=O)OC([2H])([2H])[2H])C(CC)CCCCCC. The molecule has 0 saturated carbocycles. The van der Waals surface area contributed by atoms with Crippen molar-refractivity contribution >= 4 is 11.9 Å². The predicted octanol–water partition coefficient (Wildman–Crippen LogP) is 3.49. The first-order valence-corrected chi connectivity index (χ1v) is 7.07. The molecule has 0 aromatic heterocycles. The normalized spacial score (nSPS) is 19.1. The Labute approximate surface area is 122 Å². The Bertz CT molecular complexity index is 371. The van der Waals surface area contributed by atoms with Gasteiger partial charge in [-0.05, 0) is 12.3 Å². The molecule has 0 bridgehead atoms. The van der Waals surface area contributed by atoms with Crippen LogP contribution in [0.3, 0.4) is 0 Å². The number of esters is 1. The van der Waals surface area contributed by atoms with E-state index < -0.39 is 30.8 Å². The van der Waals surface area contributed by atoms with Gasteiger partial charge in [0, 0.05) is 0 Å². The van der Waals surface area contributed by atoms with E-state index in [9.17, 15) is 9.59 Å². The van der Waals surface area contributed by atoms with Crippen molar-refractivity contribution in [1.82, 2.24) is 0 Å². The first-order chi connectivity index (χ1) is 10.7. The van der Waals surface area contributed by atoms with Crippen molar-refractivity contribution in [2.24, 2.45) is 17.8 Å². The molecule has 0 spiro atoms. The Kier molecular flexibility index (Phi) is 6.07. The van der Waals surface area contributed by atoms with Gasteiger partial charge in [0.2, 0.25) is 0 Å². The number of carboxylic acid groups (broad SMARTS) is 1. The largest absolute Gasteiger partial charge is 0.481 e. The van der Waals surface area contributed by atoms with Gasteiger partial charge in [-0.1, -0.05) is 52.9 Å². The number of rotatable bonds is 10. The van der Waals surface area contributed by atoms with Gasteiger partial charge in [0.1, 0.15) is 0 Å². The molecular weight excluding hydrogens is 244 g/mol. The molecule has 0 aromatic carbocycles. The standard InChI is InChI=1S/C15H28O4/c1-5-7-8-9-10-12(6-2)13(15(18)19-4)11(3)14(16)17/h11-13H,5-10H2,1-4H3,(H,16,17)/i4D3/hD. The summed E-state index contributed by atoms with van der Waals surface area (Å²) in [5.41, 5.74) is 0. The molecule has 3 atom stereocenters. The van der Waals surface area contributed by atoms with Crippen molar-refractivity contribution in [2.45, 2.75) is 59.3 Å². The van der Waals surface area contributed by atoms with Crippen LogP contribution in [0, 0.1) is 17.8 Å². The van der Waals surface area contributed by atoms with Gasteiger partial charge in [0.25, 0.3) is 1.43 Å². The highest BCUT2D eigenvalue weighted by molar-refractivity contribution is 5.81. The van der Waals surface area contributed by atoms with Crippen LogP contribution in [0.15, 0.2) is 0 Å². The molecule has 0 aliphatic heterocycles. The zero-order chi connectivity index (χ0) is 18.0. The van der Waals surface area contributed by atoms with E-state index in [4.69, 9.17) is 5.54 Å². The molecular formula is C15H28O4. The molecule has 19 heavy (non-hydrogen) atoms. The summed E-state index contributed by atoms with van der Waals surface area (Å²) in [5.74, 6) is -3.80. The molecule has 0 aliphatic rings. The lowest BCUT2D eigenvalue weighted by Gasteiger charge is -2.27. The topological polar surface area (TPSA) is 63.6 Å². The molecule has 0 saturated heterocycles. The van der Waals surface area contributed by atoms with Gasteiger partial charge in [0.15, 0.2) is 0 Å². The molecule has 4 heteroatoms. The Morgan fingerprint density at radius 2 is 2.05 bits per heavy atom. The minimum Gasteiger partial charge on any atom is -0.481 e. The summed E-state index contributed by atoms with van der Waals surface area (Å²) >= 11 is 0. The quantitative estimate of drug-likeness (QED) is 0.490. The van der Waals surface area contributed by atoms with E-state index in [0.717, 1.165) is 25.7 Å². The number of carboxylic acids is 1. The van der Waals surface area contributed by atoms with Crippen LogP contribution in [0.4, 0.5) is 0 Å². The van der Waals surface area contributed by atoms with E-state index in [1.165, 1.54) is 6.92 Å². The van der Waals surface area contributed by atoms with E-state index in [1.807, 2.05) is 6.92 Å². The molecule has 1 N–H and O–H groups in total. The average Bonchev–Trinajstić information content (AvgIpc) is 2.46. The number of methoxy groups -OCH3 is 1. The van der Waals surface area contributed by atoms with Gasteiger partial charge in [-0.25, -0.2) is 0 Å². The van der Waals surface area contributed by atoms with Gasteiger partial charge in [-0.3, -0.25) is 9.59 Å². The van der Waals surface area contributed by atoms with E-state index in [-0.39, 0.29) is 5.92 Å². The highest BCUT2D eigenvalue weighted by atomic mass is 16.5. The van der Waals surface area contributed by atoms with Gasteiger partial charge in [-0.2, -0.15) is 0 Å². The summed E-state index contributed by atoms with van der Waals surface area (Å²) in [6, 6.07) is 0. The molecule has 0 radical (unpaired) electrons. The second kappa shape index (κ2) is 9.82. The number of aliphatic carboxylic acids is 1. The molecule has 0 amide bonds. The average molecular weight is 276 g/mol. The van der Waals surface area contributed by atoms with E-state index in [1.54, 1.807) is 0 Å². The smallest absolute Gasteiger partial charge is 0.309 e. The zero-order valence-corrected chi connectivity index (χ0v) is 12.1. The highest BCUT2D eigenvalue weighted by Crippen LogP contribution is 2.30. The van der Waals surface area contributed by atoms with E-state index in [0.29, 0.717) is 12.8 Å². The maximum Gasteiger partial charge on any atom is 0.309 e. The summed E-state index contributed by atoms with van der Waals surface area (Å²) in [6.45, 7) is 5.45. The Morgan fingerprint density at radius 1 is 1.32 bits per heavy atom. The molecule has 0 rings (SSSR count). The zero-order valence-electron chi connectivity index (χ0n) is 16.1. The van der Waals surface area contributed by atoms with E-state index in [2.05, 4.69) is 16.8 Å². The van der Waals surface area contributed by atoms with Crippen molar-refractivity contribution in [3.05, 3.63) is 0 Å². The van der Waals surface area contributed by atoms with Crippen LogP contribution in [-0.4, -0.2) is 24.1 Å². The van der Waals surface area contributed by atoms with Crippen LogP contribution in [0.1, 0.15) is 63.4 Å². The lowest BCUT2D eigenvalue weighted by molar-refractivity contribution is -0.157. The van der Waals surface area contributed by atoms with Gasteiger partial charge >= 0.3 is 11.9 Å². The molecule has 0 fully saturated rings. The first kappa shape index (κ1) is 11.7. The van der Waals surface area contributed by atoms with Crippen LogP contribution >= 0.6 is 0 Å². The molecule has 112 valence electrons. The van der Waals surface area contributed by atoms with Crippen LogP contribution in [0.2, 0.25) is 0 Å². The van der Waals surface area contributed by atoms with Gasteiger partial charge in [0.05, 0.1) is 23.0 Å². The maximum absolute atomic E-state index is 12.3. The number of carbonyl (C=O) groups is 2. The van der Waals surface area contributed by atoms with E-state index >= 15 is 0 Å². The summed E-state index contributed by atoms with van der Waals surface area (Å²) in [6.07, 6.45) is 5.40. The fourth-order valence-electron chi connectivity index (χ4n) is 2.49. The summed E-state index contributed by atoms with van der Waals surface area (Å²) in [4.78, 5) is 23.9. The third-order valence-electron chi connectivity index (χ3n) is 3.74. The van der Waals surface area contributed by atoms with Crippen LogP contribution < -0.4 is 0 Å². The molecule has 0 aliphatic carbocycles. The van der Waals surface area contributed by atoms with Crippen LogP contribution in [0.25, 0.3) is 1.43 Å². The van der Waals surface area contributed by atoms with Gasteiger partial charge < -0.3 is 9.85 Å². The van der Waals surface area contributed by atoms with Crippen molar-refractivity contribution in [2.75, 3.05) is 7.04 Å². The Balaban J connectivity index is 5.12. The van der Waals surface area contributed by atoms with Crippen molar-refractivity contribution in [1.29, 1.82) is 1.43 Å². The molecule has 4 nitrogen and oxygen atoms in total. The number of hydrogen-bond donors (Lipinski definition) is 1. The number of carbonyl (C=O) groups excluding carboxylic acids is 1. The third-order valence-corrected chi connectivity index (χ3v) is 3.74.